The fraction of sp³-hybridized carbons (Fsp3) is 0.692. The van der Waals surface area contributed by atoms with Crippen LogP contribution in [0.2, 0.25) is 0 Å². The van der Waals surface area contributed by atoms with E-state index in [1.807, 2.05) is 0 Å². The summed E-state index contributed by atoms with van der Waals surface area (Å²) in [6.07, 6.45) is 8.99. The van der Waals surface area contributed by atoms with Crippen LogP contribution in [0.4, 0.5) is 17.1 Å². The van der Waals surface area contributed by atoms with Crippen molar-refractivity contribution in [2.45, 2.75) is 80.1 Å². The van der Waals surface area contributed by atoms with Gasteiger partial charge in [0.2, 0.25) is 0 Å². The molecule has 1 radical (unpaired) electrons. The summed E-state index contributed by atoms with van der Waals surface area (Å²) in [5.41, 5.74) is 5.20. The van der Waals surface area contributed by atoms with Gasteiger partial charge in [0.25, 0.3) is 0 Å². The van der Waals surface area contributed by atoms with Gasteiger partial charge in [-0.3, -0.25) is 0 Å². The van der Waals surface area contributed by atoms with E-state index in [2.05, 4.69) is 81.0 Å². The van der Waals surface area contributed by atoms with Crippen LogP contribution in [-0.2, 0) is 0 Å². The molecule has 29 heavy (non-hydrogen) atoms. The van der Waals surface area contributed by atoms with Crippen molar-refractivity contribution < 1.29 is 0 Å². The van der Waals surface area contributed by atoms with Crippen molar-refractivity contribution >= 4 is 23.1 Å². The highest BCUT2D eigenvalue weighted by molar-refractivity contribution is 5.88. The van der Waals surface area contributed by atoms with E-state index >= 15 is 0 Å². The topological polar surface area (TPSA) is 9.72 Å². The first-order chi connectivity index (χ1) is 14.1. The molecular formula is C26H46N3. The largest absolute Gasteiger partial charge is 0.371 e. The van der Waals surface area contributed by atoms with Gasteiger partial charge in [0.05, 0.1) is 17.1 Å². The Morgan fingerprint density at radius 1 is 0.690 bits per heavy atom. The quantitative estimate of drug-likeness (QED) is 0.295. The summed E-state index contributed by atoms with van der Waals surface area (Å²) < 4.78 is 0. The van der Waals surface area contributed by atoms with Crippen LogP contribution in [-0.4, -0.2) is 39.3 Å². The molecule has 0 amide bonds. The van der Waals surface area contributed by atoms with Crippen molar-refractivity contribution in [2.24, 2.45) is 0 Å². The Hall–Kier alpha value is -1.64. The minimum absolute atomic E-state index is 1.07. The Morgan fingerprint density at radius 2 is 1.10 bits per heavy atom. The molecule has 3 nitrogen and oxygen atoms in total. The number of hydrogen-bond acceptors (Lipinski definition) is 3. The van der Waals surface area contributed by atoms with E-state index in [0.717, 1.165) is 77.8 Å². The third-order valence-electron chi connectivity index (χ3n) is 5.24. The molecule has 0 saturated heterocycles. The molecule has 0 atom stereocenters. The lowest BCUT2D eigenvalue weighted by Crippen LogP contribution is -2.33. The smallest absolute Gasteiger partial charge is 0.0698 e. The van der Waals surface area contributed by atoms with Crippen LogP contribution < -0.4 is 14.7 Å². The van der Waals surface area contributed by atoms with Gasteiger partial charge in [-0.25, -0.2) is 0 Å². The van der Waals surface area contributed by atoms with E-state index in [9.17, 15) is 0 Å². The minimum atomic E-state index is 1.07. The average molecular weight is 401 g/mol. The summed E-state index contributed by atoms with van der Waals surface area (Å²) in [4.78, 5) is 7.66. The minimum Gasteiger partial charge on any atom is -0.371 e. The number of rotatable bonds is 16. The Balaban J connectivity index is 3.69. The average Bonchev–Trinajstić information content (AvgIpc) is 2.72. The molecule has 1 rings (SSSR count). The number of nitrogens with zero attached hydrogens (tertiary/aromatic N) is 3. The van der Waals surface area contributed by atoms with Gasteiger partial charge in [-0.1, -0.05) is 54.2 Å². The highest BCUT2D eigenvalue weighted by Crippen LogP contribution is 2.40. The molecule has 3 heteroatoms. The molecule has 0 saturated carbocycles. The molecule has 165 valence electrons. The zero-order chi connectivity index (χ0) is 21.6. The summed E-state index contributed by atoms with van der Waals surface area (Å²) in [5, 5.41) is 0. The van der Waals surface area contributed by atoms with Crippen LogP contribution in [0.15, 0.2) is 12.6 Å². The highest BCUT2D eigenvalue weighted by Gasteiger charge is 2.22. The zero-order valence-corrected chi connectivity index (χ0v) is 20.2. The second-order valence-corrected chi connectivity index (χ2v) is 7.95. The SMILES string of the molecule is C=Cc1c(N(CCC)CCC)[c]cc(N(CCC)CCC)c1N(CCC)CCC. The summed E-state index contributed by atoms with van der Waals surface area (Å²) >= 11 is 0. The molecule has 0 spiro atoms. The Kier molecular flexibility index (Phi) is 12.6. The van der Waals surface area contributed by atoms with E-state index in [4.69, 9.17) is 0 Å². The maximum atomic E-state index is 4.26. The lowest BCUT2D eigenvalue weighted by atomic mass is 10.0. The van der Waals surface area contributed by atoms with Crippen LogP contribution in [0.3, 0.4) is 0 Å². The van der Waals surface area contributed by atoms with Crippen molar-refractivity contribution in [1.29, 1.82) is 0 Å². The monoisotopic (exact) mass is 400 g/mol. The Bertz CT molecular complexity index is 564. The summed E-state index contributed by atoms with van der Waals surface area (Å²) in [5.74, 6) is 0. The van der Waals surface area contributed by atoms with Crippen LogP contribution in [0.25, 0.3) is 6.08 Å². The molecule has 1 aromatic rings. The highest BCUT2D eigenvalue weighted by atomic mass is 15.2. The first-order valence-electron chi connectivity index (χ1n) is 12.1. The van der Waals surface area contributed by atoms with Crippen LogP contribution in [0, 0.1) is 6.07 Å². The maximum Gasteiger partial charge on any atom is 0.0698 e. The molecule has 0 heterocycles. The number of hydrogen-bond donors (Lipinski definition) is 0. The number of benzene rings is 1. The predicted molar refractivity (Wildman–Crippen MR) is 134 cm³/mol. The van der Waals surface area contributed by atoms with Gasteiger partial charge in [-0.05, 0) is 44.6 Å². The van der Waals surface area contributed by atoms with Crippen molar-refractivity contribution in [3.63, 3.8) is 0 Å². The molecule has 0 fully saturated rings. The molecule has 0 N–H and O–H groups in total. The normalized spacial score (nSPS) is 10.8. The predicted octanol–water partition coefficient (Wildman–Crippen LogP) is 7.01. The van der Waals surface area contributed by atoms with Crippen molar-refractivity contribution in [3.05, 3.63) is 24.3 Å². The van der Waals surface area contributed by atoms with Crippen molar-refractivity contribution in [3.8, 4) is 0 Å². The summed E-state index contributed by atoms with van der Waals surface area (Å²) in [6, 6.07) is 5.95. The molecule has 1 aromatic carbocycles. The summed E-state index contributed by atoms with van der Waals surface area (Å²) in [7, 11) is 0. The maximum absolute atomic E-state index is 4.26. The van der Waals surface area contributed by atoms with Crippen molar-refractivity contribution in [1.82, 2.24) is 0 Å². The third-order valence-corrected chi connectivity index (χ3v) is 5.24. The van der Waals surface area contributed by atoms with Gasteiger partial charge >= 0.3 is 0 Å². The molecule has 0 aliphatic carbocycles. The number of anilines is 3. The molecule has 0 aromatic heterocycles. The van der Waals surface area contributed by atoms with Crippen LogP contribution in [0.5, 0.6) is 0 Å². The zero-order valence-electron chi connectivity index (χ0n) is 20.2. The first kappa shape index (κ1) is 25.4. The van der Waals surface area contributed by atoms with Crippen molar-refractivity contribution in [2.75, 3.05) is 54.0 Å². The van der Waals surface area contributed by atoms with Crippen LogP contribution >= 0.6 is 0 Å². The molecule has 0 aliphatic heterocycles. The Labute approximate surface area is 181 Å². The first-order valence-corrected chi connectivity index (χ1v) is 12.1. The van der Waals surface area contributed by atoms with E-state index in [0.29, 0.717) is 0 Å². The lowest BCUT2D eigenvalue weighted by molar-refractivity contribution is 0.718. The van der Waals surface area contributed by atoms with Gasteiger partial charge in [0.1, 0.15) is 0 Å². The van der Waals surface area contributed by atoms with Crippen LogP contribution in [0.1, 0.15) is 85.6 Å². The van der Waals surface area contributed by atoms with E-state index in [1.165, 1.54) is 22.6 Å². The fourth-order valence-electron chi connectivity index (χ4n) is 4.20. The molecule has 0 unspecified atom stereocenters. The molecular weight excluding hydrogens is 354 g/mol. The standard InChI is InChI=1S/C26H46N3/c1-8-17-27(18-9-2)24-15-16-25(28(19-10-3)20-11-4)26(23(24)14-7)29(21-12-5)22-13-6/h14,16H,7-13,17-22H2,1-6H3. The second-order valence-electron chi connectivity index (χ2n) is 7.95. The van der Waals surface area contributed by atoms with Gasteiger partial charge in [-0.2, -0.15) is 0 Å². The second kappa shape index (κ2) is 14.4. The Morgan fingerprint density at radius 3 is 1.52 bits per heavy atom. The third kappa shape index (κ3) is 6.97. The summed E-state index contributed by atoms with van der Waals surface area (Å²) in [6.45, 7) is 24.4. The van der Waals surface area contributed by atoms with Gasteiger partial charge in [0, 0.05) is 50.9 Å². The molecule has 0 bridgehead atoms. The van der Waals surface area contributed by atoms with Gasteiger partial charge in [0.15, 0.2) is 0 Å². The van der Waals surface area contributed by atoms with Gasteiger partial charge in [-0.15, -0.1) is 0 Å². The van der Waals surface area contributed by atoms with E-state index in [1.54, 1.807) is 0 Å². The fourth-order valence-corrected chi connectivity index (χ4v) is 4.20. The molecule has 0 aliphatic rings. The van der Waals surface area contributed by atoms with E-state index in [-0.39, 0.29) is 0 Å². The van der Waals surface area contributed by atoms with E-state index < -0.39 is 0 Å². The van der Waals surface area contributed by atoms with Gasteiger partial charge < -0.3 is 14.7 Å². The lowest BCUT2D eigenvalue weighted by Gasteiger charge is -2.36.